The number of carbonyl (C=O) groups is 1. The van der Waals surface area contributed by atoms with Crippen LogP contribution in [0, 0.1) is 51.8 Å². The molecule has 1 heteroatoms. The van der Waals surface area contributed by atoms with Gasteiger partial charge < -0.3 is 0 Å². The topological polar surface area (TPSA) is 17.1 Å². The molecule has 5 aliphatic rings. The Kier molecular flexibility index (Phi) is 5.11. The van der Waals surface area contributed by atoms with Crippen molar-refractivity contribution in [3.63, 3.8) is 0 Å². The third kappa shape index (κ3) is 3.11. The Hall–Kier alpha value is -0.590. The van der Waals surface area contributed by atoms with Crippen LogP contribution in [0.25, 0.3) is 0 Å². The normalized spacial score (nSPS) is 45.0. The first-order valence-corrected chi connectivity index (χ1v) is 13.5. The average Bonchev–Trinajstić information content (AvgIpc) is 3.35. The van der Waals surface area contributed by atoms with Crippen molar-refractivity contribution in [2.45, 2.75) is 112 Å². The van der Waals surface area contributed by atoms with Gasteiger partial charge in [-0.05, 0) is 110 Å². The summed E-state index contributed by atoms with van der Waals surface area (Å²) in [4.78, 5) is 12.7. The minimum absolute atomic E-state index is 0.0734. The molecular formula is C29H46O. The zero-order chi connectivity index (χ0) is 21.3. The Morgan fingerprint density at radius 2 is 1.73 bits per heavy atom. The lowest BCUT2D eigenvalue weighted by molar-refractivity contribution is -0.124. The fraction of sp³-hybridized carbons (Fsp3) is 0.897. The zero-order valence-corrected chi connectivity index (χ0v) is 20.4. The molecule has 168 valence electrons. The van der Waals surface area contributed by atoms with Gasteiger partial charge in [-0.3, -0.25) is 4.79 Å². The van der Waals surface area contributed by atoms with Gasteiger partial charge in [0.15, 0.2) is 5.78 Å². The highest BCUT2D eigenvalue weighted by atomic mass is 16.1. The summed E-state index contributed by atoms with van der Waals surface area (Å²) < 4.78 is 0. The first kappa shape index (κ1) is 21.3. The second kappa shape index (κ2) is 7.21. The van der Waals surface area contributed by atoms with E-state index in [-0.39, 0.29) is 5.41 Å². The Labute approximate surface area is 185 Å². The van der Waals surface area contributed by atoms with Gasteiger partial charge in [0.25, 0.3) is 0 Å². The van der Waals surface area contributed by atoms with E-state index in [2.05, 4.69) is 40.7 Å². The van der Waals surface area contributed by atoms with Crippen molar-refractivity contribution in [2.24, 2.45) is 51.8 Å². The van der Waals surface area contributed by atoms with E-state index in [0.29, 0.717) is 16.6 Å². The Bertz CT molecular complexity index is 727. The van der Waals surface area contributed by atoms with E-state index in [1.165, 1.54) is 77.0 Å². The highest BCUT2D eigenvalue weighted by molar-refractivity contribution is 5.98. The molecule has 0 aromatic heterocycles. The summed E-state index contributed by atoms with van der Waals surface area (Å²) in [6, 6.07) is 0. The van der Waals surface area contributed by atoms with Crippen LogP contribution in [-0.4, -0.2) is 5.78 Å². The number of rotatable bonds is 5. The summed E-state index contributed by atoms with van der Waals surface area (Å²) in [5, 5.41) is 0. The van der Waals surface area contributed by atoms with Gasteiger partial charge in [0.1, 0.15) is 0 Å². The smallest absolute Gasteiger partial charge is 0.161 e. The molecular weight excluding hydrogens is 364 g/mol. The Morgan fingerprint density at radius 3 is 2.43 bits per heavy atom. The molecule has 30 heavy (non-hydrogen) atoms. The molecule has 4 fully saturated rings. The van der Waals surface area contributed by atoms with E-state index in [1.807, 2.05) is 0 Å². The summed E-state index contributed by atoms with van der Waals surface area (Å²) in [5.74, 6) is 5.89. The number of hydrogen-bond donors (Lipinski definition) is 0. The fourth-order valence-corrected chi connectivity index (χ4v) is 9.51. The zero-order valence-electron chi connectivity index (χ0n) is 20.4. The molecule has 7 atom stereocenters. The second-order valence-electron chi connectivity index (χ2n) is 13.4. The molecule has 4 saturated carbocycles. The summed E-state index contributed by atoms with van der Waals surface area (Å²) >= 11 is 0. The molecule has 0 N–H and O–H groups in total. The van der Waals surface area contributed by atoms with Gasteiger partial charge in [-0.2, -0.15) is 0 Å². The van der Waals surface area contributed by atoms with Crippen molar-refractivity contribution in [2.75, 3.05) is 0 Å². The van der Waals surface area contributed by atoms with Gasteiger partial charge in [0, 0.05) is 5.41 Å². The average molecular weight is 411 g/mol. The van der Waals surface area contributed by atoms with Crippen molar-refractivity contribution in [1.29, 1.82) is 0 Å². The highest BCUT2D eigenvalue weighted by Crippen LogP contribution is 2.70. The third-order valence-electron chi connectivity index (χ3n) is 11.3. The highest BCUT2D eigenvalue weighted by Gasteiger charge is 2.63. The molecule has 0 radical (unpaired) electrons. The van der Waals surface area contributed by atoms with E-state index in [0.717, 1.165) is 35.5 Å². The van der Waals surface area contributed by atoms with Crippen molar-refractivity contribution < 1.29 is 4.79 Å². The Morgan fingerprint density at radius 1 is 0.967 bits per heavy atom. The molecule has 1 nitrogen and oxygen atoms in total. The maximum absolute atomic E-state index is 12.7. The van der Waals surface area contributed by atoms with Crippen molar-refractivity contribution >= 4 is 5.78 Å². The van der Waals surface area contributed by atoms with Gasteiger partial charge in [-0.25, -0.2) is 0 Å². The van der Waals surface area contributed by atoms with Gasteiger partial charge in [0.05, 0.1) is 0 Å². The quantitative estimate of drug-likeness (QED) is 0.449. The van der Waals surface area contributed by atoms with Crippen LogP contribution in [0.15, 0.2) is 11.6 Å². The SMILES string of the molecule is CC(C)CCC[C@@H](C)[C@H]1CC[C@H]2[C@@H]3CCC4=CC(=O)C5(CC5)C[C@]4(C)[C@H]3CC[C@]12C. The first-order valence-electron chi connectivity index (χ1n) is 13.5. The van der Waals surface area contributed by atoms with E-state index in [4.69, 9.17) is 0 Å². The lowest BCUT2D eigenvalue weighted by Gasteiger charge is -2.59. The first-order chi connectivity index (χ1) is 14.2. The molecule has 0 aromatic carbocycles. The van der Waals surface area contributed by atoms with Crippen molar-refractivity contribution in [3.05, 3.63) is 11.6 Å². The number of hydrogen-bond acceptors (Lipinski definition) is 1. The van der Waals surface area contributed by atoms with Crippen LogP contribution in [-0.2, 0) is 4.79 Å². The lowest BCUT2D eigenvalue weighted by Crippen LogP contribution is -2.52. The predicted molar refractivity (Wildman–Crippen MR) is 125 cm³/mol. The number of fused-ring (bicyclic) bond motifs is 5. The van der Waals surface area contributed by atoms with E-state index in [9.17, 15) is 4.79 Å². The van der Waals surface area contributed by atoms with Crippen molar-refractivity contribution in [3.8, 4) is 0 Å². The third-order valence-corrected chi connectivity index (χ3v) is 11.3. The summed E-state index contributed by atoms with van der Waals surface area (Å²) in [7, 11) is 0. The maximum atomic E-state index is 12.7. The van der Waals surface area contributed by atoms with Crippen LogP contribution in [0.1, 0.15) is 112 Å². The molecule has 0 heterocycles. The van der Waals surface area contributed by atoms with E-state index < -0.39 is 0 Å². The molecule has 0 unspecified atom stereocenters. The van der Waals surface area contributed by atoms with Gasteiger partial charge in [-0.15, -0.1) is 0 Å². The number of carbonyl (C=O) groups excluding carboxylic acids is 1. The predicted octanol–water partition coefficient (Wildman–Crippen LogP) is 7.99. The van der Waals surface area contributed by atoms with Crippen LogP contribution in [0.4, 0.5) is 0 Å². The largest absolute Gasteiger partial charge is 0.294 e. The van der Waals surface area contributed by atoms with Gasteiger partial charge >= 0.3 is 0 Å². The lowest BCUT2D eigenvalue weighted by atomic mass is 9.45. The number of ketones is 1. The molecule has 0 aromatic rings. The fourth-order valence-electron chi connectivity index (χ4n) is 9.51. The molecule has 5 aliphatic carbocycles. The van der Waals surface area contributed by atoms with Crippen LogP contribution in [0.2, 0.25) is 0 Å². The molecule has 0 bridgehead atoms. The monoisotopic (exact) mass is 410 g/mol. The summed E-state index contributed by atoms with van der Waals surface area (Å²) in [6.45, 7) is 12.6. The number of allylic oxidation sites excluding steroid dienone is 1. The summed E-state index contributed by atoms with van der Waals surface area (Å²) in [5.41, 5.74) is 2.53. The van der Waals surface area contributed by atoms with E-state index >= 15 is 0 Å². The van der Waals surface area contributed by atoms with E-state index in [1.54, 1.807) is 5.57 Å². The molecule has 5 rings (SSSR count). The van der Waals surface area contributed by atoms with Crippen LogP contribution in [0.5, 0.6) is 0 Å². The molecule has 0 aliphatic heterocycles. The standard InChI is InChI=1S/C29H46O/c1-19(2)7-6-8-20(3)23-11-12-24-22-10-9-21-17-26(30)29(15-16-29)18-28(21,5)25(22)13-14-27(23,24)4/h17,19-20,22-25H,6-16,18H2,1-5H3/t20-,22+,23-,24+,25+,27-,28+/m1/s1. The van der Waals surface area contributed by atoms with Gasteiger partial charge in [-0.1, -0.05) is 59.5 Å². The van der Waals surface area contributed by atoms with Crippen LogP contribution in [0.3, 0.4) is 0 Å². The minimum Gasteiger partial charge on any atom is -0.294 e. The second-order valence-corrected chi connectivity index (χ2v) is 13.4. The summed E-state index contributed by atoms with van der Waals surface area (Å²) in [6.07, 6.45) is 18.3. The molecule has 0 amide bonds. The minimum atomic E-state index is 0.0734. The molecule has 0 saturated heterocycles. The Balaban J connectivity index is 1.34. The van der Waals surface area contributed by atoms with Gasteiger partial charge in [0.2, 0.25) is 0 Å². The van der Waals surface area contributed by atoms with Crippen LogP contribution >= 0.6 is 0 Å². The van der Waals surface area contributed by atoms with Crippen LogP contribution < -0.4 is 0 Å². The maximum Gasteiger partial charge on any atom is 0.161 e. The molecule has 1 spiro atoms. The van der Waals surface area contributed by atoms with Crippen molar-refractivity contribution in [1.82, 2.24) is 0 Å².